The second-order valence-corrected chi connectivity index (χ2v) is 10.9. The number of carbonyl (C=O) groups is 1. The summed E-state index contributed by atoms with van der Waals surface area (Å²) in [6.07, 6.45) is 0. The van der Waals surface area contributed by atoms with Gasteiger partial charge in [0.1, 0.15) is 9.79 Å². The topological polar surface area (TPSA) is 104 Å². The van der Waals surface area contributed by atoms with E-state index < -0.39 is 26.0 Å². The Labute approximate surface area is 182 Å². The molecule has 0 saturated heterocycles. The van der Waals surface area contributed by atoms with Crippen LogP contribution >= 0.6 is 11.6 Å². The Hall–Kier alpha value is -1.98. The first-order valence-corrected chi connectivity index (χ1v) is 12.3. The molecule has 0 saturated carbocycles. The molecule has 30 heavy (non-hydrogen) atoms. The van der Waals surface area contributed by atoms with Gasteiger partial charge in [-0.1, -0.05) is 37.6 Å². The van der Waals surface area contributed by atoms with Crippen LogP contribution in [0.1, 0.15) is 24.2 Å². The van der Waals surface area contributed by atoms with E-state index in [-0.39, 0.29) is 39.2 Å². The first-order valence-electron chi connectivity index (χ1n) is 9.09. The molecule has 0 bridgehead atoms. The van der Waals surface area contributed by atoms with Crippen molar-refractivity contribution in [2.75, 3.05) is 32.5 Å². The molecule has 1 N–H and O–H groups in total. The number of hydrogen-bond acceptors (Lipinski definition) is 5. The van der Waals surface area contributed by atoms with Crippen LogP contribution in [0.4, 0.5) is 5.69 Å². The van der Waals surface area contributed by atoms with Crippen molar-refractivity contribution in [1.82, 2.24) is 8.61 Å². The maximum atomic E-state index is 12.8. The molecule has 11 heteroatoms. The average molecular weight is 474 g/mol. The predicted octanol–water partition coefficient (Wildman–Crippen LogP) is 2.87. The van der Waals surface area contributed by atoms with Crippen LogP contribution in [0.2, 0.25) is 5.02 Å². The van der Waals surface area contributed by atoms with Gasteiger partial charge in [-0.05, 0) is 30.3 Å². The van der Waals surface area contributed by atoms with Crippen LogP contribution in [-0.4, -0.2) is 58.5 Å². The summed E-state index contributed by atoms with van der Waals surface area (Å²) in [4.78, 5) is 12.5. The lowest BCUT2D eigenvalue weighted by atomic mass is 10.2. The van der Waals surface area contributed by atoms with E-state index in [1.165, 1.54) is 48.7 Å². The van der Waals surface area contributed by atoms with Gasteiger partial charge in [0.25, 0.3) is 5.91 Å². The first-order chi connectivity index (χ1) is 14.0. The average Bonchev–Trinajstić information content (AvgIpc) is 2.69. The number of nitrogens with zero attached hydrogens (tertiary/aromatic N) is 2. The fraction of sp³-hybridized carbons (Fsp3) is 0.316. The van der Waals surface area contributed by atoms with Gasteiger partial charge in [-0.2, -0.15) is 4.31 Å². The lowest BCUT2D eigenvalue weighted by Crippen LogP contribution is -2.31. The molecule has 1 amide bonds. The summed E-state index contributed by atoms with van der Waals surface area (Å²) in [7, 11) is -4.91. The summed E-state index contributed by atoms with van der Waals surface area (Å²) in [6.45, 7) is 3.91. The molecule has 164 valence electrons. The Morgan fingerprint density at radius 2 is 1.53 bits per heavy atom. The van der Waals surface area contributed by atoms with E-state index in [4.69, 9.17) is 11.6 Å². The van der Waals surface area contributed by atoms with E-state index in [1.807, 2.05) is 0 Å². The second-order valence-electron chi connectivity index (χ2n) is 6.47. The van der Waals surface area contributed by atoms with Gasteiger partial charge >= 0.3 is 0 Å². The van der Waals surface area contributed by atoms with Crippen molar-refractivity contribution in [3.63, 3.8) is 0 Å². The zero-order chi connectivity index (χ0) is 22.7. The monoisotopic (exact) mass is 473 g/mol. The molecule has 0 fully saturated rings. The van der Waals surface area contributed by atoms with E-state index in [9.17, 15) is 21.6 Å². The molecule has 0 aliphatic carbocycles. The van der Waals surface area contributed by atoms with Crippen molar-refractivity contribution in [2.24, 2.45) is 0 Å². The van der Waals surface area contributed by atoms with Gasteiger partial charge in [-0.3, -0.25) is 4.79 Å². The summed E-state index contributed by atoms with van der Waals surface area (Å²) in [5, 5.41) is 2.54. The molecule has 0 atom stereocenters. The van der Waals surface area contributed by atoms with Crippen LogP contribution in [0.15, 0.2) is 52.3 Å². The van der Waals surface area contributed by atoms with Gasteiger partial charge in [-0.25, -0.2) is 21.1 Å². The SMILES string of the molecule is CCN(CC)S(=O)(=O)c1cc(C(=O)Nc2ccccc2S(=O)(=O)N(C)C)ccc1Cl. The van der Waals surface area contributed by atoms with Gasteiger partial charge in [0, 0.05) is 32.7 Å². The van der Waals surface area contributed by atoms with E-state index in [0.717, 1.165) is 4.31 Å². The van der Waals surface area contributed by atoms with Gasteiger partial charge in [-0.15, -0.1) is 0 Å². The summed E-state index contributed by atoms with van der Waals surface area (Å²) >= 11 is 6.10. The van der Waals surface area contributed by atoms with Gasteiger partial charge in [0.05, 0.1) is 10.7 Å². The minimum absolute atomic E-state index is 0.00552. The van der Waals surface area contributed by atoms with E-state index >= 15 is 0 Å². The molecule has 0 unspecified atom stereocenters. The fourth-order valence-corrected chi connectivity index (χ4v) is 5.73. The Bertz CT molecular complexity index is 1140. The van der Waals surface area contributed by atoms with Crippen LogP contribution in [0.25, 0.3) is 0 Å². The van der Waals surface area contributed by atoms with Crippen LogP contribution < -0.4 is 5.32 Å². The zero-order valence-electron chi connectivity index (χ0n) is 17.1. The molecule has 2 rings (SSSR count). The number of benzene rings is 2. The largest absolute Gasteiger partial charge is 0.321 e. The third-order valence-corrected chi connectivity index (χ3v) is 8.82. The minimum Gasteiger partial charge on any atom is -0.321 e. The summed E-state index contributed by atoms with van der Waals surface area (Å²) in [6, 6.07) is 9.86. The number of sulfonamides is 2. The van der Waals surface area contributed by atoms with Crippen LogP contribution in [0.5, 0.6) is 0 Å². The predicted molar refractivity (Wildman–Crippen MR) is 117 cm³/mol. The van der Waals surface area contributed by atoms with Gasteiger partial charge in [0.15, 0.2) is 0 Å². The number of anilines is 1. The Morgan fingerprint density at radius 3 is 2.10 bits per heavy atom. The maximum absolute atomic E-state index is 12.8. The van der Waals surface area contributed by atoms with Crippen LogP contribution in [0.3, 0.4) is 0 Å². The second kappa shape index (κ2) is 9.44. The molecular formula is C19H24ClN3O5S2. The molecule has 0 heterocycles. The summed E-state index contributed by atoms with van der Waals surface area (Å²) < 4.78 is 53.0. The molecule has 0 aliphatic heterocycles. The van der Waals surface area contributed by atoms with Crippen molar-refractivity contribution in [3.05, 3.63) is 53.1 Å². The molecule has 0 aromatic heterocycles. The maximum Gasteiger partial charge on any atom is 0.255 e. The molecule has 0 radical (unpaired) electrons. The number of carbonyl (C=O) groups excluding carboxylic acids is 1. The highest BCUT2D eigenvalue weighted by Crippen LogP contribution is 2.27. The van der Waals surface area contributed by atoms with E-state index in [0.29, 0.717) is 0 Å². The Morgan fingerprint density at radius 1 is 0.933 bits per heavy atom. The van der Waals surface area contributed by atoms with Crippen molar-refractivity contribution in [1.29, 1.82) is 0 Å². The highest BCUT2D eigenvalue weighted by atomic mass is 35.5. The first kappa shape index (κ1) is 24.3. The standard InChI is InChI=1S/C19H24ClN3O5S2/c1-5-23(6-2)30(27,28)18-13-14(11-12-15(18)20)19(24)21-16-9-7-8-10-17(16)29(25,26)22(3)4/h7-13H,5-6H2,1-4H3,(H,21,24). The summed E-state index contributed by atoms with van der Waals surface area (Å²) in [5.74, 6) is -0.663. The number of halogens is 1. The number of para-hydroxylation sites is 1. The van der Waals surface area contributed by atoms with Crippen molar-refractivity contribution in [3.8, 4) is 0 Å². The number of hydrogen-bond donors (Lipinski definition) is 1. The Kier molecular flexibility index (Phi) is 7.64. The van der Waals surface area contributed by atoms with Gasteiger partial charge < -0.3 is 5.32 Å². The highest BCUT2D eigenvalue weighted by molar-refractivity contribution is 7.89. The third-order valence-electron chi connectivity index (χ3n) is 4.41. The number of rotatable bonds is 8. The molecule has 2 aromatic rings. The quantitative estimate of drug-likeness (QED) is 0.634. The van der Waals surface area contributed by atoms with Crippen molar-refractivity contribution >= 4 is 43.2 Å². The number of nitrogens with one attached hydrogen (secondary N) is 1. The molecular weight excluding hydrogens is 450 g/mol. The normalized spacial score (nSPS) is 12.4. The molecule has 2 aromatic carbocycles. The van der Waals surface area contributed by atoms with Crippen LogP contribution in [0, 0.1) is 0 Å². The molecule has 0 spiro atoms. The van der Waals surface area contributed by atoms with Crippen LogP contribution in [-0.2, 0) is 20.0 Å². The molecule has 8 nitrogen and oxygen atoms in total. The van der Waals surface area contributed by atoms with Gasteiger partial charge in [0.2, 0.25) is 20.0 Å². The third kappa shape index (κ3) is 4.84. The van der Waals surface area contributed by atoms with E-state index in [1.54, 1.807) is 26.0 Å². The fourth-order valence-electron chi connectivity index (χ4n) is 2.73. The minimum atomic E-state index is -3.88. The summed E-state index contributed by atoms with van der Waals surface area (Å²) in [5.41, 5.74) is 0.112. The van der Waals surface area contributed by atoms with E-state index in [2.05, 4.69) is 5.32 Å². The smallest absolute Gasteiger partial charge is 0.255 e. The van der Waals surface area contributed by atoms with Crippen molar-refractivity contribution < 1.29 is 21.6 Å². The van der Waals surface area contributed by atoms with Crippen molar-refractivity contribution in [2.45, 2.75) is 23.6 Å². The molecule has 0 aliphatic rings. The highest BCUT2D eigenvalue weighted by Gasteiger charge is 2.26. The Balaban J connectivity index is 2.46. The zero-order valence-corrected chi connectivity index (χ0v) is 19.5. The lowest BCUT2D eigenvalue weighted by molar-refractivity contribution is 0.102. The lowest BCUT2D eigenvalue weighted by Gasteiger charge is -2.20. The number of amides is 1.